The Morgan fingerprint density at radius 3 is 2.74 bits per heavy atom. The van der Waals surface area contributed by atoms with Crippen molar-refractivity contribution in [3.8, 4) is 0 Å². The van der Waals surface area contributed by atoms with Gasteiger partial charge in [-0.2, -0.15) is 5.10 Å². The summed E-state index contributed by atoms with van der Waals surface area (Å²) in [5.74, 6) is 0. The molecule has 0 aliphatic heterocycles. The van der Waals surface area contributed by atoms with Gasteiger partial charge < -0.3 is 5.32 Å². The molecule has 19 heavy (non-hydrogen) atoms. The maximum absolute atomic E-state index is 4.18. The highest BCUT2D eigenvalue weighted by Crippen LogP contribution is 2.22. The number of nitrogens with one attached hydrogen (secondary N) is 1. The molecule has 3 rings (SSSR count). The number of rotatable bonds is 4. The SMILES string of the molecule is Cn1nccc1CCNc1cccc2ccccc12. The number of fused-ring (bicyclic) bond motifs is 1. The second-order valence-electron chi connectivity index (χ2n) is 4.65. The summed E-state index contributed by atoms with van der Waals surface area (Å²) < 4.78 is 1.92. The second kappa shape index (κ2) is 5.14. The van der Waals surface area contributed by atoms with Gasteiger partial charge in [0.25, 0.3) is 0 Å². The van der Waals surface area contributed by atoms with Gasteiger partial charge in [0.2, 0.25) is 0 Å². The van der Waals surface area contributed by atoms with Crippen molar-refractivity contribution in [1.82, 2.24) is 9.78 Å². The zero-order valence-electron chi connectivity index (χ0n) is 11.0. The number of hydrogen-bond donors (Lipinski definition) is 1. The summed E-state index contributed by atoms with van der Waals surface area (Å²) in [5, 5.41) is 10.2. The van der Waals surface area contributed by atoms with Crippen LogP contribution in [0.2, 0.25) is 0 Å². The molecule has 0 unspecified atom stereocenters. The fourth-order valence-electron chi connectivity index (χ4n) is 2.35. The summed E-state index contributed by atoms with van der Waals surface area (Å²) in [5.41, 5.74) is 2.44. The largest absolute Gasteiger partial charge is 0.384 e. The zero-order chi connectivity index (χ0) is 13.1. The lowest BCUT2D eigenvalue weighted by atomic mass is 10.1. The Hall–Kier alpha value is -2.29. The molecule has 0 saturated carbocycles. The maximum atomic E-state index is 4.18. The van der Waals surface area contributed by atoms with Crippen LogP contribution in [0.25, 0.3) is 10.8 Å². The highest BCUT2D eigenvalue weighted by atomic mass is 15.3. The van der Waals surface area contributed by atoms with Gasteiger partial charge in [0.05, 0.1) is 0 Å². The van der Waals surface area contributed by atoms with Crippen molar-refractivity contribution in [3.63, 3.8) is 0 Å². The van der Waals surface area contributed by atoms with Crippen LogP contribution in [0.3, 0.4) is 0 Å². The van der Waals surface area contributed by atoms with E-state index in [9.17, 15) is 0 Å². The molecular formula is C16H17N3. The molecule has 0 aliphatic carbocycles. The summed E-state index contributed by atoms with van der Waals surface area (Å²) in [7, 11) is 1.98. The Morgan fingerprint density at radius 1 is 1.05 bits per heavy atom. The fraction of sp³-hybridized carbons (Fsp3) is 0.188. The van der Waals surface area contributed by atoms with Crippen molar-refractivity contribution in [3.05, 3.63) is 60.4 Å². The third kappa shape index (κ3) is 2.45. The van der Waals surface area contributed by atoms with E-state index in [2.05, 4.69) is 58.9 Å². The number of aryl methyl sites for hydroxylation is 1. The van der Waals surface area contributed by atoms with Gasteiger partial charge in [0.1, 0.15) is 0 Å². The zero-order valence-corrected chi connectivity index (χ0v) is 11.0. The molecule has 3 heteroatoms. The third-order valence-electron chi connectivity index (χ3n) is 3.41. The van der Waals surface area contributed by atoms with Gasteiger partial charge in [0, 0.05) is 43.0 Å². The fourth-order valence-corrected chi connectivity index (χ4v) is 2.35. The first-order chi connectivity index (χ1) is 9.34. The first kappa shape index (κ1) is 11.8. The molecule has 96 valence electrons. The Morgan fingerprint density at radius 2 is 1.89 bits per heavy atom. The van der Waals surface area contributed by atoms with Crippen LogP contribution < -0.4 is 5.32 Å². The average Bonchev–Trinajstić information content (AvgIpc) is 2.85. The number of anilines is 1. The van der Waals surface area contributed by atoms with E-state index in [1.165, 1.54) is 22.2 Å². The molecule has 2 aromatic carbocycles. The molecule has 0 atom stereocenters. The van der Waals surface area contributed by atoms with Crippen molar-refractivity contribution in [2.45, 2.75) is 6.42 Å². The smallest absolute Gasteiger partial charge is 0.0492 e. The van der Waals surface area contributed by atoms with Crippen molar-refractivity contribution >= 4 is 16.5 Å². The van der Waals surface area contributed by atoms with Crippen molar-refractivity contribution in [2.24, 2.45) is 7.05 Å². The lowest BCUT2D eigenvalue weighted by Gasteiger charge is -2.09. The molecule has 0 saturated heterocycles. The Labute approximate surface area is 112 Å². The van der Waals surface area contributed by atoms with E-state index >= 15 is 0 Å². The molecular weight excluding hydrogens is 234 g/mol. The third-order valence-corrected chi connectivity index (χ3v) is 3.41. The van der Waals surface area contributed by atoms with Crippen LogP contribution in [0.15, 0.2) is 54.7 Å². The van der Waals surface area contributed by atoms with Gasteiger partial charge in [-0.15, -0.1) is 0 Å². The van der Waals surface area contributed by atoms with Crippen molar-refractivity contribution in [2.75, 3.05) is 11.9 Å². The Kier molecular flexibility index (Phi) is 3.19. The first-order valence-electron chi connectivity index (χ1n) is 6.53. The van der Waals surface area contributed by atoms with Crippen LogP contribution in [0, 0.1) is 0 Å². The Bertz CT molecular complexity index is 680. The molecule has 0 spiro atoms. The van der Waals surface area contributed by atoms with Gasteiger partial charge in [-0.3, -0.25) is 4.68 Å². The average molecular weight is 251 g/mol. The Balaban J connectivity index is 1.74. The predicted octanol–water partition coefficient (Wildman–Crippen LogP) is 3.23. The van der Waals surface area contributed by atoms with Gasteiger partial charge in [-0.25, -0.2) is 0 Å². The molecule has 0 bridgehead atoms. The van der Waals surface area contributed by atoms with E-state index in [0.29, 0.717) is 0 Å². The van der Waals surface area contributed by atoms with Gasteiger partial charge in [-0.05, 0) is 17.5 Å². The lowest BCUT2D eigenvalue weighted by Crippen LogP contribution is -2.08. The molecule has 3 nitrogen and oxygen atoms in total. The molecule has 1 heterocycles. The second-order valence-corrected chi connectivity index (χ2v) is 4.65. The molecule has 1 N–H and O–H groups in total. The number of hydrogen-bond acceptors (Lipinski definition) is 2. The number of benzene rings is 2. The molecule has 0 fully saturated rings. The van der Waals surface area contributed by atoms with E-state index < -0.39 is 0 Å². The summed E-state index contributed by atoms with van der Waals surface area (Å²) in [6.45, 7) is 0.910. The highest BCUT2D eigenvalue weighted by molar-refractivity contribution is 5.93. The van der Waals surface area contributed by atoms with Gasteiger partial charge in [-0.1, -0.05) is 36.4 Å². The summed E-state index contributed by atoms with van der Waals surface area (Å²) >= 11 is 0. The quantitative estimate of drug-likeness (QED) is 0.771. The van der Waals surface area contributed by atoms with Crippen LogP contribution in [0.5, 0.6) is 0 Å². The van der Waals surface area contributed by atoms with Crippen molar-refractivity contribution in [1.29, 1.82) is 0 Å². The maximum Gasteiger partial charge on any atom is 0.0492 e. The minimum Gasteiger partial charge on any atom is -0.384 e. The van der Waals surface area contributed by atoms with Crippen LogP contribution in [0.1, 0.15) is 5.69 Å². The molecule has 1 aromatic heterocycles. The van der Waals surface area contributed by atoms with Crippen LogP contribution in [0.4, 0.5) is 5.69 Å². The van der Waals surface area contributed by atoms with E-state index in [-0.39, 0.29) is 0 Å². The highest BCUT2D eigenvalue weighted by Gasteiger charge is 2.01. The molecule has 0 radical (unpaired) electrons. The predicted molar refractivity (Wildman–Crippen MR) is 79.3 cm³/mol. The number of aromatic nitrogens is 2. The summed E-state index contributed by atoms with van der Waals surface area (Å²) in [6.07, 6.45) is 2.81. The van der Waals surface area contributed by atoms with Crippen LogP contribution in [-0.4, -0.2) is 16.3 Å². The van der Waals surface area contributed by atoms with E-state index in [0.717, 1.165) is 13.0 Å². The lowest BCUT2D eigenvalue weighted by molar-refractivity contribution is 0.711. The summed E-state index contributed by atoms with van der Waals surface area (Å²) in [4.78, 5) is 0. The van der Waals surface area contributed by atoms with E-state index in [1.807, 2.05) is 17.9 Å². The minimum atomic E-state index is 0.910. The van der Waals surface area contributed by atoms with Gasteiger partial charge in [0.15, 0.2) is 0 Å². The normalized spacial score (nSPS) is 10.8. The van der Waals surface area contributed by atoms with Crippen LogP contribution in [-0.2, 0) is 13.5 Å². The van der Waals surface area contributed by atoms with Crippen LogP contribution >= 0.6 is 0 Å². The number of nitrogens with zero attached hydrogens (tertiary/aromatic N) is 2. The minimum absolute atomic E-state index is 0.910. The monoisotopic (exact) mass is 251 g/mol. The standard InChI is InChI=1S/C16H17N3/c1-19-14(10-12-18-19)9-11-17-16-8-4-6-13-5-2-3-7-15(13)16/h2-8,10,12,17H,9,11H2,1H3. The molecule has 0 aliphatic rings. The van der Waals surface area contributed by atoms with Gasteiger partial charge >= 0.3 is 0 Å². The van der Waals surface area contributed by atoms with E-state index in [4.69, 9.17) is 0 Å². The van der Waals surface area contributed by atoms with E-state index in [1.54, 1.807) is 0 Å². The first-order valence-corrected chi connectivity index (χ1v) is 6.53. The topological polar surface area (TPSA) is 29.9 Å². The molecule has 3 aromatic rings. The summed E-state index contributed by atoms with van der Waals surface area (Å²) in [6, 6.07) is 16.9. The molecule has 0 amide bonds. The van der Waals surface area contributed by atoms with Crippen molar-refractivity contribution < 1.29 is 0 Å².